The quantitative estimate of drug-likeness (QED) is 0.279. The molecule has 1 spiro atoms. The Balaban J connectivity index is 0.751. The van der Waals surface area contributed by atoms with Crippen molar-refractivity contribution in [1.29, 1.82) is 0 Å². The monoisotopic (exact) mass is 749 g/mol. The number of fused-ring (bicyclic) bond motifs is 3. The number of carbonyl (C=O) groups excluding carboxylic acids is 5. The summed E-state index contributed by atoms with van der Waals surface area (Å²) < 4.78 is 0. The first-order chi connectivity index (χ1) is 27.1. The Bertz CT molecular complexity index is 2310. The largest absolute Gasteiger partial charge is 0.508 e. The van der Waals surface area contributed by atoms with Gasteiger partial charge in [-0.2, -0.15) is 0 Å². The number of anilines is 1. The first kappa shape index (κ1) is 34.7. The number of hydrogen-bond donors (Lipinski definition) is 2. The Morgan fingerprint density at radius 2 is 1.48 bits per heavy atom. The number of piperidine rings is 1. The van der Waals surface area contributed by atoms with E-state index in [0.29, 0.717) is 43.3 Å². The van der Waals surface area contributed by atoms with Crippen molar-refractivity contribution >= 4 is 35.2 Å². The summed E-state index contributed by atoms with van der Waals surface area (Å²) in [5.74, 6) is -1.04. The second kappa shape index (κ2) is 13.2. The maximum absolute atomic E-state index is 13.5. The number of nitrogens with one attached hydrogen (secondary N) is 1. The molecular formula is C45H43N5O6. The maximum atomic E-state index is 13.5. The molecule has 3 saturated heterocycles. The molecule has 56 heavy (non-hydrogen) atoms. The lowest BCUT2D eigenvalue weighted by atomic mass is 9.69. The van der Waals surface area contributed by atoms with Crippen molar-refractivity contribution < 1.29 is 29.1 Å². The van der Waals surface area contributed by atoms with Crippen LogP contribution in [0, 0.1) is 5.41 Å². The molecular weight excluding hydrogens is 707 g/mol. The maximum Gasteiger partial charge on any atom is 0.262 e. The highest BCUT2D eigenvalue weighted by Crippen LogP contribution is 2.48. The predicted octanol–water partition coefficient (Wildman–Crippen LogP) is 4.36. The van der Waals surface area contributed by atoms with Crippen molar-refractivity contribution in [1.82, 2.24) is 20.0 Å². The van der Waals surface area contributed by atoms with E-state index in [9.17, 15) is 29.1 Å². The number of rotatable bonds is 6. The van der Waals surface area contributed by atoms with Crippen LogP contribution < -0.4 is 10.2 Å². The average molecular weight is 750 g/mol. The number of aromatic hydroxyl groups is 1. The van der Waals surface area contributed by atoms with Gasteiger partial charge < -0.3 is 14.9 Å². The van der Waals surface area contributed by atoms with Crippen molar-refractivity contribution in [3.63, 3.8) is 0 Å². The van der Waals surface area contributed by atoms with Gasteiger partial charge in [0.25, 0.3) is 11.8 Å². The number of imide groups is 2. The number of likely N-dealkylation sites (tertiary alicyclic amines) is 1. The van der Waals surface area contributed by atoms with Crippen molar-refractivity contribution in [2.24, 2.45) is 5.41 Å². The van der Waals surface area contributed by atoms with Crippen LogP contribution in [-0.4, -0.2) is 94.7 Å². The fraction of sp³-hybridized carbons (Fsp3) is 0.356. The minimum Gasteiger partial charge on any atom is -0.508 e. The van der Waals surface area contributed by atoms with Crippen molar-refractivity contribution in [2.75, 3.05) is 44.2 Å². The molecule has 3 fully saturated rings. The molecule has 11 heteroatoms. The minimum atomic E-state index is -0.995. The Hall–Kier alpha value is -5.81. The van der Waals surface area contributed by atoms with Gasteiger partial charge in [0, 0.05) is 62.7 Å². The van der Waals surface area contributed by atoms with E-state index in [4.69, 9.17) is 0 Å². The zero-order chi connectivity index (χ0) is 38.3. The van der Waals surface area contributed by atoms with E-state index in [1.807, 2.05) is 17.0 Å². The lowest BCUT2D eigenvalue weighted by Gasteiger charge is -2.61. The van der Waals surface area contributed by atoms with Crippen LogP contribution in [0.25, 0.3) is 0 Å². The molecule has 0 bridgehead atoms. The lowest BCUT2D eigenvalue weighted by Crippen LogP contribution is -2.73. The van der Waals surface area contributed by atoms with Gasteiger partial charge in [0.1, 0.15) is 11.8 Å². The number of phenols is 1. The molecule has 4 aromatic rings. The van der Waals surface area contributed by atoms with E-state index >= 15 is 0 Å². The first-order valence-corrected chi connectivity index (χ1v) is 19.7. The molecule has 0 saturated carbocycles. The second-order valence-corrected chi connectivity index (χ2v) is 16.7. The SMILES string of the molecule is O=C1CCC(N2C(=O)c3cc4c(cc3C2=O)CN(CC(=O)N2CC3(C2)CN(c2ccc([C@@H]5c6ccc(O)cc6CC[C@@H]5c5ccccc5)cc2)C3)CC4)C(=O)N1. The summed E-state index contributed by atoms with van der Waals surface area (Å²) in [6, 6.07) is 28.1. The second-order valence-electron chi connectivity index (χ2n) is 16.7. The molecule has 5 heterocycles. The third-order valence-corrected chi connectivity index (χ3v) is 13.1. The van der Waals surface area contributed by atoms with E-state index < -0.39 is 29.7 Å². The summed E-state index contributed by atoms with van der Waals surface area (Å²) in [5.41, 5.74) is 8.92. The molecule has 11 nitrogen and oxygen atoms in total. The number of benzene rings is 4. The van der Waals surface area contributed by atoms with Crippen LogP contribution in [0.3, 0.4) is 0 Å². The third kappa shape index (κ3) is 5.79. The Morgan fingerprint density at radius 3 is 2.21 bits per heavy atom. The molecule has 1 unspecified atom stereocenters. The van der Waals surface area contributed by atoms with Gasteiger partial charge in [-0.1, -0.05) is 48.5 Å². The summed E-state index contributed by atoms with van der Waals surface area (Å²) in [6.45, 7) is 4.78. The number of hydrogen-bond acceptors (Lipinski definition) is 8. The lowest BCUT2D eigenvalue weighted by molar-refractivity contribution is -0.146. The predicted molar refractivity (Wildman–Crippen MR) is 207 cm³/mol. The normalized spacial score (nSPS) is 23.9. The molecule has 0 aromatic heterocycles. The van der Waals surface area contributed by atoms with Gasteiger partial charge in [-0.15, -0.1) is 0 Å². The molecule has 1 aliphatic carbocycles. The minimum absolute atomic E-state index is 0.0779. The van der Waals surface area contributed by atoms with E-state index in [-0.39, 0.29) is 35.6 Å². The zero-order valence-electron chi connectivity index (χ0n) is 31.1. The van der Waals surface area contributed by atoms with E-state index in [2.05, 4.69) is 75.8 Å². The van der Waals surface area contributed by atoms with Crippen LogP contribution in [-0.2, 0) is 33.8 Å². The average Bonchev–Trinajstić information content (AvgIpc) is 3.40. The number of nitrogens with zero attached hydrogens (tertiary/aromatic N) is 4. The highest BCUT2D eigenvalue weighted by atomic mass is 16.3. The van der Waals surface area contributed by atoms with Gasteiger partial charge >= 0.3 is 0 Å². The van der Waals surface area contributed by atoms with Crippen molar-refractivity contribution in [2.45, 2.75) is 56.5 Å². The Morgan fingerprint density at radius 1 is 0.750 bits per heavy atom. The molecule has 3 atom stereocenters. The van der Waals surface area contributed by atoms with E-state index in [1.54, 1.807) is 12.1 Å². The highest BCUT2D eigenvalue weighted by Gasteiger charge is 2.53. The molecule has 6 aliphatic rings. The van der Waals surface area contributed by atoms with Crippen LogP contribution in [0.4, 0.5) is 5.69 Å². The molecule has 10 rings (SSSR count). The highest BCUT2D eigenvalue weighted by molar-refractivity contribution is 6.23. The van der Waals surface area contributed by atoms with Gasteiger partial charge in [-0.25, -0.2) is 0 Å². The van der Waals surface area contributed by atoms with Crippen LogP contribution in [0.1, 0.15) is 85.2 Å². The number of phenolic OH excluding ortho intramolecular Hbond substituents is 1. The van der Waals surface area contributed by atoms with Gasteiger partial charge in [-0.3, -0.25) is 39.1 Å². The zero-order valence-corrected chi connectivity index (χ0v) is 31.1. The summed E-state index contributed by atoms with van der Waals surface area (Å²) >= 11 is 0. The molecule has 4 aromatic carbocycles. The van der Waals surface area contributed by atoms with Crippen molar-refractivity contribution in [3.05, 3.63) is 129 Å². The molecule has 0 radical (unpaired) electrons. The van der Waals surface area contributed by atoms with Gasteiger partial charge in [0.05, 0.1) is 17.7 Å². The summed E-state index contributed by atoms with van der Waals surface area (Å²) in [5, 5.41) is 12.4. The van der Waals surface area contributed by atoms with Crippen LogP contribution in [0.2, 0.25) is 0 Å². The fourth-order valence-corrected chi connectivity index (χ4v) is 10.3. The Kier molecular flexibility index (Phi) is 8.14. The molecule has 5 aliphatic heterocycles. The summed E-state index contributed by atoms with van der Waals surface area (Å²) in [4.78, 5) is 71.7. The number of amides is 5. The van der Waals surface area contributed by atoms with Crippen LogP contribution in [0.15, 0.2) is 84.9 Å². The number of aryl methyl sites for hydroxylation is 1. The van der Waals surface area contributed by atoms with Gasteiger partial charge in [-0.05, 0) is 101 Å². The van der Waals surface area contributed by atoms with Crippen LogP contribution in [0.5, 0.6) is 5.75 Å². The van der Waals surface area contributed by atoms with Gasteiger partial charge in [0.15, 0.2) is 0 Å². The fourth-order valence-electron chi connectivity index (χ4n) is 10.3. The van der Waals surface area contributed by atoms with Crippen LogP contribution >= 0.6 is 0 Å². The van der Waals surface area contributed by atoms with E-state index in [1.165, 1.54) is 27.9 Å². The molecule has 5 amide bonds. The third-order valence-electron chi connectivity index (χ3n) is 13.1. The number of carbonyl (C=O) groups is 5. The molecule has 2 N–H and O–H groups in total. The Labute approximate surface area is 324 Å². The standard InChI is InChI=1S/C45H43N5O6/c51-33-11-13-35-30(18-33)8-12-34(27-4-2-1-3-5-27)41(35)28-6-9-32(10-7-28)48-23-45(24-48)25-49(26-45)40(53)22-47-17-16-29-19-36-37(20-31(29)21-47)44(56)50(43(36)55)38-14-15-39(52)46-42(38)54/h1-7,9-11,13,18-20,34,38,41,51H,8,12,14-17,21-26H2,(H,46,52,54)/t34-,38?,41+/m1/s1. The summed E-state index contributed by atoms with van der Waals surface area (Å²) in [6.07, 6.45) is 2.82. The molecule has 284 valence electrons. The smallest absolute Gasteiger partial charge is 0.262 e. The topological polar surface area (TPSA) is 131 Å². The summed E-state index contributed by atoms with van der Waals surface area (Å²) in [7, 11) is 0. The van der Waals surface area contributed by atoms with Crippen molar-refractivity contribution in [3.8, 4) is 5.75 Å². The van der Waals surface area contributed by atoms with E-state index in [0.717, 1.165) is 55.0 Å². The first-order valence-electron chi connectivity index (χ1n) is 19.7. The van der Waals surface area contributed by atoms with Gasteiger partial charge in [0.2, 0.25) is 17.7 Å².